The Kier molecular flexibility index (Phi) is 1.75. The van der Waals surface area contributed by atoms with Crippen molar-refractivity contribution in [2.45, 2.75) is 25.7 Å². The number of Topliss-reactive ketones (excluding diaryl/α,β-unsaturated/α-hetero) is 1. The maximum Gasteiger partial charge on any atom is 0.317 e. The highest BCUT2D eigenvalue weighted by Crippen LogP contribution is 2.45. The second kappa shape index (κ2) is 2.69. The minimum absolute atomic E-state index is 0.0325. The van der Waals surface area contributed by atoms with Crippen LogP contribution in [0.25, 0.3) is 0 Å². The van der Waals surface area contributed by atoms with Gasteiger partial charge in [-0.25, -0.2) is 0 Å². The summed E-state index contributed by atoms with van der Waals surface area (Å²) in [7, 11) is 0. The third-order valence-corrected chi connectivity index (χ3v) is 3.22. The Morgan fingerprint density at radius 2 is 2.31 bits per heavy atom. The molecule has 0 amide bonds. The summed E-state index contributed by atoms with van der Waals surface area (Å²) in [6.45, 7) is 0. The average molecular weight is 180 g/mol. The first-order valence-electron chi connectivity index (χ1n) is 4.59. The molecule has 2 aliphatic rings. The quantitative estimate of drug-likeness (QED) is 0.490. The summed E-state index contributed by atoms with van der Waals surface area (Å²) in [6, 6.07) is 0. The van der Waals surface area contributed by atoms with Crippen LogP contribution in [0.1, 0.15) is 25.7 Å². The molecule has 0 aliphatic heterocycles. The third-order valence-electron chi connectivity index (χ3n) is 3.22. The van der Waals surface area contributed by atoms with E-state index in [0.717, 1.165) is 12.8 Å². The van der Waals surface area contributed by atoms with Gasteiger partial charge in [-0.15, -0.1) is 0 Å². The minimum Gasteiger partial charge on any atom is -0.480 e. The van der Waals surface area contributed by atoms with Crippen molar-refractivity contribution in [1.82, 2.24) is 0 Å². The van der Waals surface area contributed by atoms with E-state index in [1.807, 2.05) is 12.2 Å². The van der Waals surface area contributed by atoms with Gasteiger partial charge in [-0.2, -0.15) is 0 Å². The van der Waals surface area contributed by atoms with E-state index in [9.17, 15) is 9.59 Å². The van der Waals surface area contributed by atoms with Gasteiger partial charge in [0.2, 0.25) is 0 Å². The minimum atomic E-state index is -1.07. The molecular formula is C10H12O3. The summed E-state index contributed by atoms with van der Waals surface area (Å²) < 4.78 is 0. The van der Waals surface area contributed by atoms with E-state index < -0.39 is 11.4 Å². The van der Waals surface area contributed by atoms with Crippen molar-refractivity contribution in [2.75, 3.05) is 0 Å². The van der Waals surface area contributed by atoms with Gasteiger partial charge in [0.1, 0.15) is 5.41 Å². The molecule has 2 bridgehead atoms. The van der Waals surface area contributed by atoms with Crippen LogP contribution < -0.4 is 0 Å². The number of rotatable bonds is 1. The maximum atomic E-state index is 11.8. The second-order valence-corrected chi connectivity index (χ2v) is 3.90. The zero-order chi connectivity index (χ0) is 9.47. The van der Waals surface area contributed by atoms with Crippen LogP contribution in [-0.2, 0) is 9.59 Å². The first kappa shape index (κ1) is 8.48. The second-order valence-electron chi connectivity index (χ2n) is 3.90. The molecule has 2 aliphatic carbocycles. The summed E-state index contributed by atoms with van der Waals surface area (Å²) in [5.41, 5.74) is -1.07. The number of carboxylic acids is 1. The fourth-order valence-corrected chi connectivity index (χ4v) is 2.34. The van der Waals surface area contributed by atoms with Crippen LogP contribution in [-0.4, -0.2) is 16.9 Å². The predicted octanol–water partition coefficient (Wildman–Crippen LogP) is 1.39. The largest absolute Gasteiger partial charge is 0.480 e. The van der Waals surface area contributed by atoms with E-state index in [1.165, 1.54) is 0 Å². The van der Waals surface area contributed by atoms with Gasteiger partial charge in [0.05, 0.1) is 0 Å². The van der Waals surface area contributed by atoms with Crippen LogP contribution in [0.5, 0.6) is 0 Å². The molecule has 0 aromatic rings. The normalized spacial score (nSPS) is 37.5. The summed E-state index contributed by atoms with van der Waals surface area (Å²) in [5, 5.41) is 9.06. The number of carbonyl (C=O) groups excluding carboxylic acids is 1. The molecule has 0 aromatic carbocycles. The van der Waals surface area contributed by atoms with Crippen molar-refractivity contribution in [2.24, 2.45) is 11.3 Å². The van der Waals surface area contributed by atoms with E-state index in [0.29, 0.717) is 12.8 Å². The first-order valence-corrected chi connectivity index (χ1v) is 4.59. The molecule has 2 rings (SSSR count). The molecule has 0 aromatic heterocycles. The van der Waals surface area contributed by atoms with Gasteiger partial charge in [-0.05, 0) is 25.7 Å². The molecule has 3 nitrogen and oxygen atoms in total. The van der Waals surface area contributed by atoms with E-state index >= 15 is 0 Å². The monoisotopic (exact) mass is 180 g/mol. The van der Waals surface area contributed by atoms with Crippen molar-refractivity contribution in [1.29, 1.82) is 0 Å². The number of carbonyl (C=O) groups is 2. The Morgan fingerprint density at radius 1 is 1.54 bits per heavy atom. The van der Waals surface area contributed by atoms with E-state index in [4.69, 9.17) is 5.11 Å². The van der Waals surface area contributed by atoms with Crippen molar-refractivity contribution < 1.29 is 14.7 Å². The number of aliphatic carboxylic acids is 1. The van der Waals surface area contributed by atoms with Gasteiger partial charge < -0.3 is 5.11 Å². The molecule has 13 heavy (non-hydrogen) atoms. The van der Waals surface area contributed by atoms with Gasteiger partial charge in [-0.3, -0.25) is 9.59 Å². The molecule has 1 fully saturated rings. The number of allylic oxidation sites excluding steroid dienone is 2. The zero-order valence-electron chi connectivity index (χ0n) is 7.32. The van der Waals surface area contributed by atoms with Crippen LogP contribution in [0.15, 0.2) is 12.2 Å². The van der Waals surface area contributed by atoms with Crippen LogP contribution in [0.2, 0.25) is 0 Å². The Balaban J connectivity index is 2.41. The molecule has 0 radical (unpaired) electrons. The molecule has 2 unspecified atom stereocenters. The van der Waals surface area contributed by atoms with Crippen LogP contribution in [0.3, 0.4) is 0 Å². The maximum absolute atomic E-state index is 11.8. The lowest BCUT2D eigenvalue weighted by Crippen LogP contribution is -2.35. The summed E-state index contributed by atoms with van der Waals surface area (Å²) in [5.74, 6) is -1.02. The summed E-state index contributed by atoms with van der Waals surface area (Å²) >= 11 is 0. The first-order chi connectivity index (χ1) is 6.17. The Hall–Kier alpha value is -1.12. The van der Waals surface area contributed by atoms with Gasteiger partial charge >= 0.3 is 5.97 Å². The molecule has 0 heterocycles. The number of ketones is 1. The lowest BCUT2D eigenvalue weighted by Gasteiger charge is -2.19. The fourth-order valence-electron chi connectivity index (χ4n) is 2.34. The summed E-state index contributed by atoms with van der Waals surface area (Å²) in [6.07, 6.45) is 6.16. The number of fused-ring (bicyclic) bond motifs is 2. The average Bonchev–Trinajstić information content (AvgIpc) is 2.23. The Morgan fingerprint density at radius 3 is 3.00 bits per heavy atom. The molecule has 3 heteroatoms. The van der Waals surface area contributed by atoms with E-state index in [1.54, 1.807) is 0 Å². The smallest absolute Gasteiger partial charge is 0.317 e. The zero-order valence-corrected chi connectivity index (χ0v) is 7.32. The van der Waals surface area contributed by atoms with Gasteiger partial charge in [0.25, 0.3) is 0 Å². The molecule has 70 valence electrons. The highest BCUT2D eigenvalue weighted by Gasteiger charge is 2.52. The van der Waals surface area contributed by atoms with E-state index in [2.05, 4.69) is 0 Å². The van der Waals surface area contributed by atoms with Gasteiger partial charge in [0, 0.05) is 5.92 Å². The number of carboxylic acid groups (broad SMARTS) is 1. The lowest BCUT2D eigenvalue weighted by molar-refractivity contribution is -0.153. The van der Waals surface area contributed by atoms with Crippen molar-refractivity contribution in [3.05, 3.63) is 12.2 Å². The molecule has 0 spiro atoms. The van der Waals surface area contributed by atoms with Gasteiger partial charge in [0.15, 0.2) is 5.78 Å². The highest BCUT2D eigenvalue weighted by atomic mass is 16.4. The molecule has 1 saturated carbocycles. The SMILES string of the molecule is O=C(O)C12CC=CCC(CC1)C2=O. The van der Waals surface area contributed by atoms with Crippen LogP contribution in [0.4, 0.5) is 0 Å². The van der Waals surface area contributed by atoms with Crippen LogP contribution >= 0.6 is 0 Å². The number of hydrogen-bond donors (Lipinski definition) is 1. The standard InChI is InChI=1S/C10H12O3/c11-8-7-3-1-2-5-10(8,6-4-7)9(12)13/h1-2,7H,3-6H2,(H,12,13). The molecule has 2 atom stereocenters. The molecule has 1 N–H and O–H groups in total. The van der Waals surface area contributed by atoms with Crippen molar-refractivity contribution in [3.63, 3.8) is 0 Å². The summed E-state index contributed by atoms with van der Waals surface area (Å²) in [4.78, 5) is 22.8. The molecule has 0 saturated heterocycles. The lowest BCUT2D eigenvalue weighted by atomic mass is 9.81. The topological polar surface area (TPSA) is 54.4 Å². The Bertz CT molecular complexity index is 293. The third kappa shape index (κ3) is 1.03. The fraction of sp³-hybridized carbons (Fsp3) is 0.600. The van der Waals surface area contributed by atoms with Gasteiger partial charge in [-0.1, -0.05) is 12.2 Å². The number of hydrogen-bond acceptors (Lipinski definition) is 2. The van der Waals surface area contributed by atoms with E-state index in [-0.39, 0.29) is 11.7 Å². The van der Waals surface area contributed by atoms with Crippen molar-refractivity contribution in [3.8, 4) is 0 Å². The van der Waals surface area contributed by atoms with Crippen LogP contribution in [0, 0.1) is 11.3 Å². The Labute approximate surface area is 76.4 Å². The van der Waals surface area contributed by atoms with Crippen molar-refractivity contribution >= 4 is 11.8 Å². The predicted molar refractivity (Wildman–Crippen MR) is 46.2 cm³/mol. The molecular weight excluding hydrogens is 168 g/mol. The highest BCUT2D eigenvalue weighted by molar-refractivity contribution is 6.06.